The maximum absolute atomic E-state index is 12.3. The number of carbonyl (C=O) groups is 2. The first-order valence-corrected chi connectivity index (χ1v) is 7.80. The molecule has 2 aromatic carbocycles. The number of halogens is 1. The fourth-order valence-corrected chi connectivity index (χ4v) is 2.42. The molecule has 0 spiro atoms. The molecule has 5 heteroatoms. The summed E-state index contributed by atoms with van der Waals surface area (Å²) >= 11 is 5.86. The summed E-state index contributed by atoms with van der Waals surface area (Å²) < 4.78 is 0. The molecule has 0 aliphatic carbocycles. The van der Waals surface area contributed by atoms with Crippen LogP contribution in [-0.2, 0) is 16.0 Å². The van der Waals surface area contributed by atoms with Crippen LogP contribution in [0.25, 0.3) is 0 Å². The van der Waals surface area contributed by atoms with Gasteiger partial charge in [-0.1, -0.05) is 36.7 Å². The van der Waals surface area contributed by atoms with Crippen LogP contribution >= 0.6 is 11.6 Å². The highest BCUT2D eigenvalue weighted by Gasteiger charge is 2.16. The molecule has 0 radical (unpaired) electrons. The molecule has 0 heterocycles. The SMILES string of the molecule is CCc1ccccc1NC(=O)CN(C(C)=O)c1ccc(Cl)cc1. The number of para-hydroxylation sites is 1. The van der Waals surface area contributed by atoms with Gasteiger partial charge in [0.1, 0.15) is 6.54 Å². The molecule has 4 nitrogen and oxygen atoms in total. The van der Waals surface area contributed by atoms with Crippen molar-refractivity contribution in [1.29, 1.82) is 0 Å². The van der Waals surface area contributed by atoms with Crippen molar-refractivity contribution in [2.24, 2.45) is 0 Å². The number of amides is 2. The quantitative estimate of drug-likeness (QED) is 0.904. The van der Waals surface area contributed by atoms with Gasteiger partial charge in [0.2, 0.25) is 11.8 Å². The van der Waals surface area contributed by atoms with E-state index in [4.69, 9.17) is 11.6 Å². The molecule has 0 saturated carbocycles. The van der Waals surface area contributed by atoms with Gasteiger partial charge in [0.05, 0.1) is 0 Å². The molecule has 0 saturated heterocycles. The van der Waals surface area contributed by atoms with Crippen molar-refractivity contribution in [1.82, 2.24) is 0 Å². The largest absolute Gasteiger partial charge is 0.324 e. The molecular weight excluding hydrogens is 312 g/mol. The number of anilines is 2. The average molecular weight is 331 g/mol. The van der Waals surface area contributed by atoms with Crippen molar-refractivity contribution in [2.45, 2.75) is 20.3 Å². The zero-order chi connectivity index (χ0) is 16.8. The summed E-state index contributed by atoms with van der Waals surface area (Å²) in [5, 5.41) is 3.45. The van der Waals surface area contributed by atoms with E-state index in [1.165, 1.54) is 11.8 Å². The van der Waals surface area contributed by atoms with Crippen molar-refractivity contribution in [3.05, 3.63) is 59.1 Å². The number of nitrogens with one attached hydrogen (secondary N) is 1. The van der Waals surface area contributed by atoms with Crippen LogP contribution in [0.2, 0.25) is 5.02 Å². The molecule has 0 unspecified atom stereocenters. The first-order valence-electron chi connectivity index (χ1n) is 7.42. The molecule has 0 atom stereocenters. The van der Waals surface area contributed by atoms with Crippen LogP contribution in [0.3, 0.4) is 0 Å². The number of nitrogens with zero attached hydrogens (tertiary/aromatic N) is 1. The van der Waals surface area contributed by atoms with Crippen molar-refractivity contribution < 1.29 is 9.59 Å². The van der Waals surface area contributed by atoms with E-state index in [-0.39, 0.29) is 18.4 Å². The second kappa shape index (κ2) is 7.79. The summed E-state index contributed by atoms with van der Waals surface area (Å²) in [6.45, 7) is 3.41. The molecule has 0 aromatic heterocycles. The van der Waals surface area contributed by atoms with Gasteiger partial charge in [-0.3, -0.25) is 9.59 Å². The van der Waals surface area contributed by atoms with Gasteiger partial charge in [-0.2, -0.15) is 0 Å². The third-order valence-electron chi connectivity index (χ3n) is 3.49. The summed E-state index contributed by atoms with van der Waals surface area (Å²) in [5.74, 6) is -0.442. The van der Waals surface area contributed by atoms with Crippen LogP contribution in [0.1, 0.15) is 19.4 Å². The maximum atomic E-state index is 12.3. The Morgan fingerprint density at radius 3 is 2.35 bits per heavy atom. The molecule has 2 amide bonds. The normalized spacial score (nSPS) is 10.2. The Labute approximate surface area is 141 Å². The predicted octanol–water partition coefficient (Wildman–Crippen LogP) is 3.89. The van der Waals surface area contributed by atoms with Crippen LogP contribution in [0.15, 0.2) is 48.5 Å². The number of hydrogen-bond donors (Lipinski definition) is 1. The van der Waals surface area contributed by atoms with E-state index in [1.54, 1.807) is 24.3 Å². The fourth-order valence-electron chi connectivity index (χ4n) is 2.29. The molecule has 0 bridgehead atoms. The van der Waals surface area contributed by atoms with Gasteiger partial charge < -0.3 is 10.2 Å². The average Bonchev–Trinajstić information content (AvgIpc) is 2.54. The van der Waals surface area contributed by atoms with Gasteiger partial charge in [-0.15, -0.1) is 0 Å². The topological polar surface area (TPSA) is 49.4 Å². The van der Waals surface area contributed by atoms with E-state index in [2.05, 4.69) is 5.32 Å². The minimum absolute atomic E-state index is 0.0466. The van der Waals surface area contributed by atoms with Crippen LogP contribution in [0.4, 0.5) is 11.4 Å². The van der Waals surface area contributed by atoms with Gasteiger partial charge in [0.15, 0.2) is 0 Å². The zero-order valence-electron chi connectivity index (χ0n) is 13.2. The summed E-state index contributed by atoms with van der Waals surface area (Å²) in [4.78, 5) is 25.6. The van der Waals surface area contributed by atoms with Crippen LogP contribution < -0.4 is 10.2 Å². The third-order valence-corrected chi connectivity index (χ3v) is 3.74. The number of benzene rings is 2. The molecular formula is C18H19ClN2O2. The Morgan fingerprint density at radius 2 is 1.74 bits per heavy atom. The van der Waals surface area contributed by atoms with Crippen molar-refractivity contribution in [2.75, 3.05) is 16.8 Å². The van der Waals surface area contributed by atoms with Crippen LogP contribution in [-0.4, -0.2) is 18.4 Å². The molecule has 23 heavy (non-hydrogen) atoms. The highest BCUT2D eigenvalue weighted by atomic mass is 35.5. The van der Waals surface area contributed by atoms with Gasteiger partial charge in [-0.05, 0) is 42.3 Å². The molecule has 2 aromatic rings. The van der Waals surface area contributed by atoms with Crippen LogP contribution in [0.5, 0.6) is 0 Å². The predicted molar refractivity (Wildman–Crippen MR) is 93.9 cm³/mol. The Balaban J connectivity index is 2.12. The van der Waals surface area contributed by atoms with E-state index in [9.17, 15) is 9.59 Å². The molecule has 0 aliphatic rings. The zero-order valence-corrected chi connectivity index (χ0v) is 13.9. The van der Waals surface area contributed by atoms with E-state index < -0.39 is 0 Å². The Hall–Kier alpha value is -2.33. The van der Waals surface area contributed by atoms with E-state index in [1.807, 2.05) is 31.2 Å². The first kappa shape index (κ1) is 17.0. The second-order valence-corrected chi connectivity index (χ2v) is 5.58. The summed E-state index contributed by atoms with van der Waals surface area (Å²) in [7, 11) is 0. The number of aryl methyl sites for hydroxylation is 1. The lowest BCUT2D eigenvalue weighted by Crippen LogP contribution is -2.36. The molecule has 0 aliphatic heterocycles. The highest BCUT2D eigenvalue weighted by Crippen LogP contribution is 2.19. The van der Waals surface area contributed by atoms with E-state index >= 15 is 0 Å². The van der Waals surface area contributed by atoms with Gasteiger partial charge >= 0.3 is 0 Å². The third kappa shape index (κ3) is 4.57. The summed E-state index contributed by atoms with van der Waals surface area (Å²) in [5.41, 5.74) is 2.47. The van der Waals surface area contributed by atoms with Gasteiger partial charge in [-0.25, -0.2) is 0 Å². The minimum atomic E-state index is -0.240. The minimum Gasteiger partial charge on any atom is -0.324 e. The van der Waals surface area contributed by atoms with E-state index in [0.29, 0.717) is 10.7 Å². The Bertz CT molecular complexity index is 698. The summed E-state index contributed by atoms with van der Waals surface area (Å²) in [6, 6.07) is 14.5. The standard InChI is InChI=1S/C18H19ClN2O2/c1-3-14-6-4-5-7-17(14)20-18(23)12-21(13(2)22)16-10-8-15(19)9-11-16/h4-11H,3,12H2,1-2H3,(H,20,23). The lowest BCUT2D eigenvalue weighted by molar-refractivity contribution is -0.120. The number of carbonyl (C=O) groups excluding carboxylic acids is 2. The number of hydrogen-bond acceptors (Lipinski definition) is 2. The smallest absolute Gasteiger partial charge is 0.244 e. The van der Waals surface area contributed by atoms with Crippen molar-refractivity contribution >= 4 is 34.8 Å². The second-order valence-electron chi connectivity index (χ2n) is 5.14. The molecule has 2 rings (SSSR count). The van der Waals surface area contributed by atoms with Crippen molar-refractivity contribution in [3.63, 3.8) is 0 Å². The Kier molecular flexibility index (Phi) is 5.77. The van der Waals surface area contributed by atoms with Crippen LogP contribution in [0, 0.1) is 0 Å². The Morgan fingerprint density at radius 1 is 1.09 bits per heavy atom. The lowest BCUT2D eigenvalue weighted by atomic mass is 10.1. The lowest BCUT2D eigenvalue weighted by Gasteiger charge is -2.21. The molecule has 120 valence electrons. The maximum Gasteiger partial charge on any atom is 0.244 e. The summed E-state index contributed by atoms with van der Waals surface area (Å²) in [6.07, 6.45) is 0.823. The number of rotatable bonds is 5. The molecule has 1 N–H and O–H groups in total. The van der Waals surface area contributed by atoms with Gasteiger partial charge in [0, 0.05) is 23.3 Å². The van der Waals surface area contributed by atoms with Crippen molar-refractivity contribution in [3.8, 4) is 0 Å². The molecule has 0 fully saturated rings. The highest BCUT2D eigenvalue weighted by molar-refractivity contribution is 6.30. The monoisotopic (exact) mass is 330 g/mol. The first-order chi connectivity index (χ1) is 11.0. The van der Waals surface area contributed by atoms with E-state index in [0.717, 1.165) is 17.7 Å². The van der Waals surface area contributed by atoms with Gasteiger partial charge in [0.25, 0.3) is 0 Å². The fraction of sp³-hybridized carbons (Fsp3) is 0.222.